The van der Waals surface area contributed by atoms with Crippen molar-refractivity contribution in [3.05, 3.63) is 65.2 Å². The van der Waals surface area contributed by atoms with Gasteiger partial charge in [0.2, 0.25) is 5.91 Å². The van der Waals surface area contributed by atoms with Gasteiger partial charge in [-0.15, -0.1) is 0 Å². The van der Waals surface area contributed by atoms with E-state index >= 15 is 0 Å². The maximum Gasteiger partial charge on any atom is 0.416 e. The second kappa shape index (κ2) is 12.6. The van der Waals surface area contributed by atoms with E-state index in [1.165, 1.54) is 26.4 Å². The molecular formula is C26H30F3N3O5. The molecule has 2 aromatic carbocycles. The van der Waals surface area contributed by atoms with Crippen LogP contribution in [0.3, 0.4) is 0 Å². The van der Waals surface area contributed by atoms with E-state index in [2.05, 4.69) is 10.6 Å². The highest BCUT2D eigenvalue weighted by atomic mass is 19.4. The highest BCUT2D eigenvalue weighted by molar-refractivity contribution is 5.98. The molecule has 11 heteroatoms. The van der Waals surface area contributed by atoms with E-state index < -0.39 is 23.7 Å². The fourth-order valence-corrected chi connectivity index (χ4v) is 4.17. The number of nitrogens with one attached hydrogen (secondary N) is 2. The lowest BCUT2D eigenvalue weighted by Crippen LogP contribution is -2.54. The summed E-state index contributed by atoms with van der Waals surface area (Å²) in [6.45, 7) is 1.18. The third-order valence-corrected chi connectivity index (χ3v) is 6.28. The Kier molecular flexibility index (Phi) is 9.51. The van der Waals surface area contributed by atoms with Gasteiger partial charge in [-0.25, -0.2) is 0 Å². The molecule has 0 aliphatic carbocycles. The maximum absolute atomic E-state index is 13.0. The quantitative estimate of drug-likeness (QED) is 0.495. The number of piperidine rings is 1. The molecule has 3 rings (SSSR count). The summed E-state index contributed by atoms with van der Waals surface area (Å²) in [5.41, 5.74) is -0.295. The van der Waals surface area contributed by atoms with Gasteiger partial charge in [-0.1, -0.05) is 0 Å². The summed E-state index contributed by atoms with van der Waals surface area (Å²) in [6.07, 6.45) is -3.62. The normalized spacial score (nSPS) is 15.1. The lowest BCUT2D eigenvalue weighted by atomic mass is 9.88. The number of ether oxygens (including phenoxy) is 2. The van der Waals surface area contributed by atoms with Crippen LogP contribution >= 0.6 is 0 Å². The lowest BCUT2D eigenvalue weighted by Gasteiger charge is -2.36. The fraction of sp³-hybridized carbons (Fsp3) is 0.423. The molecule has 200 valence electrons. The summed E-state index contributed by atoms with van der Waals surface area (Å²) < 4.78 is 48.5. The van der Waals surface area contributed by atoms with Crippen LogP contribution < -0.4 is 15.4 Å². The SMILES string of the molecule is COCCNC(=O)[C@@H](NC(=O)c1ccc(OC)cc1)C1CCN(C(=O)c2ccc(C(F)(F)F)cc2)CC1. The van der Waals surface area contributed by atoms with Gasteiger partial charge in [0.1, 0.15) is 11.8 Å². The van der Waals surface area contributed by atoms with Crippen LogP contribution in [0.4, 0.5) is 13.2 Å². The second-order valence-corrected chi connectivity index (χ2v) is 8.67. The van der Waals surface area contributed by atoms with Crippen molar-refractivity contribution >= 4 is 17.7 Å². The van der Waals surface area contributed by atoms with Crippen molar-refractivity contribution in [1.29, 1.82) is 0 Å². The van der Waals surface area contributed by atoms with Crippen LogP contribution in [0, 0.1) is 5.92 Å². The number of benzene rings is 2. The van der Waals surface area contributed by atoms with Crippen LogP contribution in [-0.2, 0) is 15.7 Å². The summed E-state index contributed by atoms with van der Waals surface area (Å²) in [4.78, 5) is 40.2. The monoisotopic (exact) mass is 521 g/mol. The highest BCUT2D eigenvalue weighted by Crippen LogP contribution is 2.29. The first-order valence-corrected chi connectivity index (χ1v) is 11.8. The van der Waals surface area contributed by atoms with Crippen LogP contribution in [0.2, 0.25) is 0 Å². The van der Waals surface area contributed by atoms with Crippen molar-refractivity contribution in [2.45, 2.75) is 25.1 Å². The number of carbonyl (C=O) groups excluding carboxylic acids is 3. The van der Waals surface area contributed by atoms with Crippen molar-refractivity contribution in [3.63, 3.8) is 0 Å². The lowest BCUT2D eigenvalue weighted by molar-refractivity contribution is -0.137. The van der Waals surface area contributed by atoms with Gasteiger partial charge in [0, 0.05) is 37.9 Å². The number of rotatable bonds is 9. The molecule has 37 heavy (non-hydrogen) atoms. The minimum absolute atomic E-state index is 0.160. The minimum Gasteiger partial charge on any atom is -0.497 e. The molecule has 0 saturated carbocycles. The smallest absolute Gasteiger partial charge is 0.416 e. The van der Waals surface area contributed by atoms with E-state index in [-0.39, 0.29) is 29.8 Å². The summed E-state index contributed by atoms with van der Waals surface area (Å²) in [5, 5.41) is 5.58. The van der Waals surface area contributed by atoms with Gasteiger partial charge < -0.3 is 25.0 Å². The van der Waals surface area contributed by atoms with Crippen molar-refractivity contribution < 1.29 is 37.0 Å². The van der Waals surface area contributed by atoms with Crippen LogP contribution in [0.25, 0.3) is 0 Å². The average Bonchev–Trinajstić information content (AvgIpc) is 2.91. The molecule has 0 unspecified atom stereocenters. The highest BCUT2D eigenvalue weighted by Gasteiger charge is 2.35. The molecule has 1 aliphatic heterocycles. The first-order chi connectivity index (χ1) is 17.6. The van der Waals surface area contributed by atoms with Crippen LogP contribution in [-0.4, -0.2) is 69.1 Å². The van der Waals surface area contributed by atoms with E-state index in [1.54, 1.807) is 29.2 Å². The first kappa shape index (κ1) is 28.0. The third kappa shape index (κ3) is 7.45. The molecule has 1 aliphatic rings. The first-order valence-electron chi connectivity index (χ1n) is 11.8. The maximum atomic E-state index is 13.0. The molecule has 1 heterocycles. The zero-order chi connectivity index (χ0) is 27.0. The third-order valence-electron chi connectivity index (χ3n) is 6.28. The average molecular weight is 522 g/mol. The Morgan fingerprint density at radius 3 is 2.11 bits per heavy atom. The molecule has 1 atom stereocenters. The topological polar surface area (TPSA) is 97.0 Å². The molecule has 0 aromatic heterocycles. The molecular weight excluding hydrogens is 491 g/mol. The number of halogens is 3. The minimum atomic E-state index is -4.48. The van der Waals surface area contributed by atoms with Gasteiger partial charge in [0.05, 0.1) is 19.3 Å². The van der Waals surface area contributed by atoms with Gasteiger partial charge in [0.15, 0.2) is 0 Å². The molecule has 0 radical (unpaired) electrons. The zero-order valence-electron chi connectivity index (χ0n) is 20.6. The zero-order valence-corrected chi connectivity index (χ0v) is 20.6. The largest absolute Gasteiger partial charge is 0.497 e. The molecule has 2 aromatic rings. The number of hydrogen-bond donors (Lipinski definition) is 2. The van der Waals surface area contributed by atoms with Crippen molar-refractivity contribution in [1.82, 2.24) is 15.5 Å². The van der Waals surface area contributed by atoms with Gasteiger partial charge >= 0.3 is 6.18 Å². The number of nitrogens with zero attached hydrogens (tertiary/aromatic N) is 1. The standard InChI is InChI=1S/C26H30F3N3O5/c1-36-16-13-30-24(34)22(31-23(33)18-5-9-21(37-2)10-6-18)17-11-14-32(15-12-17)25(35)19-3-7-20(8-4-19)26(27,28)29/h3-10,17,22H,11-16H2,1-2H3,(H,30,34)(H,31,33)/t22-/m0/s1. The van der Waals surface area contributed by atoms with E-state index in [0.29, 0.717) is 43.9 Å². The predicted octanol–water partition coefficient (Wildman–Crippen LogP) is 3.13. The molecule has 8 nitrogen and oxygen atoms in total. The van der Waals surface area contributed by atoms with Crippen molar-refractivity contribution in [2.75, 3.05) is 40.5 Å². The molecule has 0 bridgehead atoms. The van der Waals surface area contributed by atoms with Crippen LogP contribution in [0.5, 0.6) is 5.75 Å². The Balaban J connectivity index is 1.66. The van der Waals surface area contributed by atoms with Crippen LogP contribution in [0.1, 0.15) is 39.1 Å². The molecule has 1 saturated heterocycles. The number of alkyl halides is 3. The molecule has 3 amide bonds. The van der Waals surface area contributed by atoms with E-state index in [9.17, 15) is 27.6 Å². The van der Waals surface area contributed by atoms with Crippen molar-refractivity contribution in [2.24, 2.45) is 5.92 Å². The predicted molar refractivity (Wildman–Crippen MR) is 129 cm³/mol. The van der Waals surface area contributed by atoms with Gasteiger partial charge in [0.25, 0.3) is 11.8 Å². The number of amides is 3. The Labute approximate surface area is 213 Å². The second-order valence-electron chi connectivity index (χ2n) is 8.67. The fourth-order valence-electron chi connectivity index (χ4n) is 4.17. The summed E-state index contributed by atoms with van der Waals surface area (Å²) in [5.74, 6) is -0.809. The van der Waals surface area contributed by atoms with Crippen LogP contribution in [0.15, 0.2) is 48.5 Å². The van der Waals surface area contributed by atoms with E-state index in [4.69, 9.17) is 9.47 Å². The number of hydrogen-bond acceptors (Lipinski definition) is 5. The summed E-state index contributed by atoms with van der Waals surface area (Å²) >= 11 is 0. The summed E-state index contributed by atoms with van der Waals surface area (Å²) in [7, 11) is 3.03. The van der Waals surface area contributed by atoms with Gasteiger partial charge in [-0.2, -0.15) is 13.2 Å². The Hall–Kier alpha value is -3.60. The molecule has 0 spiro atoms. The van der Waals surface area contributed by atoms with E-state index in [1.807, 2.05) is 0 Å². The number of methoxy groups -OCH3 is 2. The number of carbonyl (C=O) groups is 3. The Bertz CT molecular complexity index is 1070. The number of likely N-dealkylation sites (tertiary alicyclic amines) is 1. The van der Waals surface area contributed by atoms with Gasteiger partial charge in [-0.3, -0.25) is 14.4 Å². The van der Waals surface area contributed by atoms with E-state index in [0.717, 1.165) is 12.1 Å². The van der Waals surface area contributed by atoms with Gasteiger partial charge in [-0.05, 0) is 67.3 Å². The van der Waals surface area contributed by atoms with Crippen molar-refractivity contribution in [3.8, 4) is 5.75 Å². The Morgan fingerprint density at radius 1 is 0.973 bits per heavy atom. The summed E-state index contributed by atoms with van der Waals surface area (Å²) in [6, 6.07) is 9.75. The Morgan fingerprint density at radius 2 is 1.57 bits per heavy atom. The molecule has 1 fully saturated rings. The molecule has 2 N–H and O–H groups in total.